The van der Waals surface area contributed by atoms with Gasteiger partial charge in [0.15, 0.2) is 11.3 Å². The van der Waals surface area contributed by atoms with E-state index in [9.17, 15) is 18.7 Å². The number of carbonyl (C=O) groups excluding carboxylic acids is 2. The highest BCUT2D eigenvalue weighted by molar-refractivity contribution is 7.61. The van der Waals surface area contributed by atoms with Crippen LogP contribution in [-0.2, 0) is 36.8 Å². The van der Waals surface area contributed by atoms with Crippen LogP contribution in [-0.4, -0.2) is 61.0 Å². The van der Waals surface area contributed by atoms with Crippen LogP contribution >= 0.6 is 15.2 Å². The average Bonchev–Trinajstić information content (AvgIpc) is 3.08. The lowest BCUT2D eigenvalue weighted by atomic mass is 10.1. The molecule has 0 aromatic heterocycles. The van der Waals surface area contributed by atoms with Gasteiger partial charge >= 0.3 is 15.2 Å². The van der Waals surface area contributed by atoms with Crippen molar-refractivity contribution < 1.29 is 36.8 Å². The summed E-state index contributed by atoms with van der Waals surface area (Å²) < 4.78 is 49.2. The third-order valence-corrected chi connectivity index (χ3v) is 11.1. The number of nitrogens with zero attached hydrogens (tertiary/aromatic N) is 1. The molecule has 0 spiro atoms. The molecule has 1 heterocycles. The highest BCUT2D eigenvalue weighted by atomic mass is 31.2. The van der Waals surface area contributed by atoms with Crippen molar-refractivity contribution >= 4 is 27.0 Å². The van der Waals surface area contributed by atoms with Crippen LogP contribution in [0.25, 0.3) is 0 Å². The van der Waals surface area contributed by atoms with Crippen LogP contribution in [0.15, 0.2) is 34.9 Å². The first-order chi connectivity index (χ1) is 17.9. The zero-order chi connectivity index (χ0) is 28.9. The average molecular weight is 576 g/mol. The molecule has 0 aromatic rings. The van der Waals surface area contributed by atoms with Gasteiger partial charge in [0.1, 0.15) is 0 Å². The van der Waals surface area contributed by atoms with Gasteiger partial charge in [0.05, 0.1) is 26.4 Å². The fourth-order valence-electron chi connectivity index (χ4n) is 4.20. The van der Waals surface area contributed by atoms with Gasteiger partial charge in [-0.05, 0) is 81.1 Å². The molecule has 0 bridgehead atoms. The second-order valence-electron chi connectivity index (χ2n) is 9.39. The van der Waals surface area contributed by atoms with E-state index < -0.39 is 38.3 Å². The van der Waals surface area contributed by atoms with Gasteiger partial charge in [0, 0.05) is 6.54 Å². The molecule has 1 aliphatic heterocycles. The molecular weight excluding hydrogens is 528 g/mol. The lowest BCUT2D eigenvalue weighted by Crippen LogP contribution is -2.32. The minimum atomic E-state index is -4.17. The molecule has 2 atom stereocenters. The molecule has 0 radical (unpaired) electrons. The van der Waals surface area contributed by atoms with E-state index in [2.05, 4.69) is 32.9 Å². The molecule has 0 aromatic carbocycles. The molecule has 11 heteroatoms. The van der Waals surface area contributed by atoms with Crippen molar-refractivity contribution in [1.29, 1.82) is 0 Å². The smallest absolute Gasteiger partial charge is 0.308 e. The molecule has 0 N–H and O–H groups in total. The Kier molecular flexibility index (Phi) is 15.2. The van der Waals surface area contributed by atoms with E-state index in [1.165, 1.54) is 11.1 Å². The molecular formula is C27H47NO8P2. The van der Waals surface area contributed by atoms with E-state index in [-0.39, 0.29) is 33.0 Å². The Morgan fingerprint density at radius 3 is 1.42 bits per heavy atom. The zero-order valence-corrected chi connectivity index (χ0v) is 26.1. The van der Waals surface area contributed by atoms with Crippen LogP contribution in [0, 0.1) is 0 Å². The Labute approximate surface area is 229 Å². The van der Waals surface area contributed by atoms with Crippen LogP contribution in [0.4, 0.5) is 0 Å². The molecule has 38 heavy (non-hydrogen) atoms. The molecule has 0 aliphatic carbocycles. The number of hydrogen-bond acceptors (Lipinski definition) is 8. The molecule has 2 unspecified atom stereocenters. The number of amides is 2. The van der Waals surface area contributed by atoms with Crippen molar-refractivity contribution in [2.75, 3.05) is 33.0 Å². The maximum Gasteiger partial charge on any atom is 0.344 e. The van der Waals surface area contributed by atoms with Gasteiger partial charge in [-0.25, -0.2) is 0 Å². The SMILES string of the molecule is CCOP(=O)(OCC)C1C(=O)N(C/C=C(\C)CC/C=C(\C)CCC=C(C)C)C(=O)C1P(=O)(OCC)OCC. The maximum absolute atomic E-state index is 13.7. The normalized spacial score (nSPS) is 19.4. The fraction of sp³-hybridized carbons (Fsp3) is 0.704. The van der Waals surface area contributed by atoms with Gasteiger partial charge in [-0.2, -0.15) is 0 Å². The lowest BCUT2D eigenvalue weighted by molar-refractivity contribution is -0.137. The van der Waals surface area contributed by atoms with Gasteiger partial charge < -0.3 is 18.1 Å². The van der Waals surface area contributed by atoms with E-state index in [4.69, 9.17) is 18.1 Å². The summed E-state index contributed by atoms with van der Waals surface area (Å²) >= 11 is 0. The van der Waals surface area contributed by atoms with Crippen molar-refractivity contribution in [3.63, 3.8) is 0 Å². The summed E-state index contributed by atoms with van der Waals surface area (Å²) in [5.41, 5.74) is 0.397. The van der Waals surface area contributed by atoms with Gasteiger partial charge in [0.2, 0.25) is 11.8 Å². The number of allylic oxidation sites excluding steroid dienone is 5. The Morgan fingerprint density at radius 1 is 0.684 bits per heavy atom. The topological polar surface area (TPSA) is 108 Å². The largest absolute Gasteiger partial charge is 0.344 e. The van der Waals surface area contributed by atoms with Gasteiger partial charge in [-0.3, -0.25) is 23.6 Å². The molecule has 0 saturated carbocycles. The third-order valence-electron chi connectivity index (χ3n) is 6.00. The Balaban J connectivity index is 3.19. The standard InChI is InChI=1S/C27H47NO8P2/c1-9-33-37(31,34-10-2)24-25(38(32,35-11-3)36-12-4)27(30)28(26(24)29)20-19-23(8)18-14-17-22(7)16-13-15-21(5)6/h15,17,19,24-25H,9-14,16,18,20H2,1-8H3/b22-17+,23-19+. The predicted octanol–water partition coefficient (Wildman–Crippen LogP) is 7.04. The second-order valence-corrected chi connectivity index (χ2v) is 13.7. The highest BCUT2D eigenvalue weighted by Crippen LogP contribution is 2.66. The number of carbonyl (C=O) groups is 2. The molecule has 9 nitrogen and oxygen atoms in total. The molecule has 1 rings (SSSR count). The van der Waals surface area contributed by atoms with Crippen LogP contribution in [0.2, 0.25) is 0 Å². The zero-order valence-electron chi connectivity index (χ0n) is 24.4. The van der Waals surface area contributed by atoms with Gasteiger partial charge in [0.25, 0.3) is 0 Å². The Morgan fingerprint density at radius 2 is 1.05 bits per heavy atom. The summed E-state index contributed by atoms with van der Waals surface area (Å²) in [6, 6.07) is 0. The third kappa shape index (κ3) is 9.69. The minimum absolute atomic E-state index is 0.0180. The van der Waals surface area contributed by atoms with Crippen molar-refractivity contribution in [3.05, 3.63) is 34.9 Å². The number of likely N-dealkylation sites (tertiary alicyclic amines) is 1. The summed E-state index contributed by atoms with van der Waals surface area (Å²) in [4.78, 5) is 28.0. The Hall–Kier alpha value is -1.34. The van der Waals surface area contributed by atoms with E-state index >= 15 is 0 Å². The first-order valence-electron chi connectivity index (χ1n) is 13.5. The number of rotatable bonds is 18. The van der Waals surface area contributed by atoms with Crippen molar-refractivity contribution in [2.45, 2.75) is 92.4 Å². The van der Waals surface area contributed by atoms with Crippen molar-refractivity contribution in [2.24, 2.45) is 0 Å². The van der Waals surface area contributed by atoms with Crippen LogP contribution in [0.3, 0.4) is 0 Å². The molecule has 2 amide bonds. The monoisotopic (exact) mass is 575 g/mol. The van der Waals surface area contributed by atoms with E-state index in [1.807, 2.05) is 6.92 Å². The van der Waals surface area contributed by atoms with Crippen LogP contribution < -0.4 is 0 Å². The molecule has 1 fully saturated rings. The first-order valence-corrected chi connectivity index (χ1v) is 16.7. The van der Waals surface area contributed by atoms with Gasteiger partial charge in [-0.15, -0.1) is 0 Å². The van der Waals surface area contributed by atoms with E-state index in [0.717, 1.165) is 36.2 Å². The summed E-state index contributed by atoms with van der Waals surface area (Å²) in [5, 5.41) is 0. The fourth-order valence-corrected chi connectivity index (χ4v) is 9.17. The summed E-state index contributed by atoms with van der Waals surface area (Å²) in [6.07, 6.45) is 9.84. The lowest BCUT2D eigenvalue weighted by Gasteiger charge is -2.28. The minimum Gasteiger partial charge on any atom is -0.308 e. The summed E-state index contributed by atoms with van der Waals surface area (Å²) in [7, 11) is -8.33. The number of imide groups is 1. The summed E-state index contributed by atoms with van der Waals surface area (Å²) in [5.74, 6) is -1.52. The van der Waals surface area contributed by atoms with E-state index in [0.29, 0.717) is 0 Å². The van der Waals surface area contributed by atoms with Crippen LogP contribution in [0.5, 0.6) is 0 Å². The van der Waals surface area contributed by atoms with Crippen molar-refractivity contribution in [1.82, 2.24) is 4.90 Å². The molecule has 1 aliphatic rings. The van der Waals surface area contributed by atoms with E-state index in [1.54, 1.807) is 33.8 Å². The molecule has 218 valence electrons. The van der Waals surface area contributed by atoms with Crippen molar-refractivity contribution in [3.8, 4) is 0 Å². The predicted molar refractivity (Wildman–Crippen MR) is 151 cm³/mol. The maximum atomic E-state index is 13.7. The van der Waals surface area contributed by atoms with Gasteiger partial charge in [-0.1, -0.05) is 34.9 Å². The second kappa shape index (κ2) is 16.7. The number of hydrogen-bond donors (Lipinski definition) is 0. The quantitative estimate of drug-likeness (QED) is 0.0972. The van der Waals surface area contributed by atoms with Crippen LogP contribution in [0.1, 0.15) is 81.1 Å². The first kappa shape index (κ1) is 34.7. The molecule has 1 saturated heterocycles. The Bertz CT molecular complexity index is 916. The summed E-state index contributed by atoms with van der Waals surface area (Å²) in [6.45, 7) is 14.5. The highest BCUT2D eigenvalue weighted by Gasteiger charge is 2.65.